The van der Waals surface area contributed by atoms with Crippen LogP contribution in [0.25, 0.3) is 10.8 Å². The van der Waals surface area contributed by atoms with E-state index in [1.54, 1.807) is 0 Å². The van der Waals surface area contributed by atoms with Crippen molar-refractivity contribution in [1.82, 2.24) is 0 Å². The molecule has 3 rings (SSSR count). The maximum Gasteiger partial charge on any atom is 0.124 e. The fraction of sp³-hybridized carbons (Fsp3) is 0.0588. The van der Waals surface area contributed by atoms with E-state index in [9.17, 15) is 4.39 Å². The molecule has 0 saturated heterocycles. The summed E-state index contributed by atoms with van der Waals surface area (Å²) in [6, 6.07) is 16.7. The molecule has 0 aliphatic heterocycles. The Hall–Kier alpha value is -0.900. The van der Waals surface area contributed by atoms with Gasteiger partial charge in [0.2, 0.25) is 0 Å². The first-order chi connectivity index (χ1) is 10.1. The van der Waals surface area contributed by atoms with Gasteiger partial charge in [0.15, 0.2) is 0 Å². The Balaban J connectivity index is 2.18. The van der Waals surface area contributed by atoms with E-state index in [1.165, 1.54) is 12.1 Å². The topological polar surface area (TPSA) is 0 Å². The number of hydrogen-bond acceptors (Lipinski definition) is 0. The predicted molar refractivity (Wildman–Crippen MR) is 93.8 cm³/mol. The van der Waals surface area contributed by atoms with Crippen molar-refractivity contribution in [3.05, 3.63) is 81.0 Å². The summed E-state index contributed by atoms with van der Waals surface area (Å²) in [6.45, 7) is 0. The van der Waals surface area contributed by atoms with Crippen LogP contribution in [0.4, 0.5) is 4.39 Å². The molecule has 0 aromatic heterocycles. The third kappa shape index (κ3) is 3.01. The Morgan fingerprint density at radius 2 is 1.67 bits per heavy atom. The highest BCUT2D eigenvalue weighted by Crippen LogP contribution is 2.38. The van der Waals surface area contributed by atoms with E-state index in [4.69, 9.17) is 11.6 Å². The average molecular weight is 429 g/mol. The number of alkyl halides is 1. The van der Waals surface area contributed by atoms with Crippen LogP contribution in [0.3, 0.4) is 0 Å². The Morgan fingerprint density at radius 1 is 0.952 bits per heavy atom. The smallest absolute Gasteiger partial charge is 0.124 e. The molecule has 1 unspecified atom stereocenters. The second-order valence-corrected chi connectivity index (χ2v) is 6.99. The molecule has 0 amide bonds. The number of rotatable bonds is 2. The normalized spacial score (nSPS) is 12.6. The Bertz CT molecular complexity index is 797. The average Bonchev–Trinajstić information content (AvgIpc) is 2.46. The highest BCUT2D eigenvalue weighted by molar-refractivity contribution is 9.10. The fourth-order valence-electron chi connectivity index (χ4n) is 2.41. The van der Waals surface area contributed by atoms with Gasteiger partial charge in [-0.15, -0.1) is 0 Å². The molecule has 0 bridgehead atoms. The summed E-state index contributed by atoms with van der Waals surface area (Å²) in [6.07, 6.45) is 0. The predicted octanol–water partition coefficient (Wildman–Crippen LogP) is 6.88. The van der Waals surface area contributed by atoms with E-state index in [-0.39, 0.29) is 10.6 Å². The second-order valence-electron chi connectivity index (χ2n) is 4.75. The largest absolute Gasteiger partial charge is 0.207 e. The summed E-state index contributed by atoms with van der Waals surface area (Å²) in [4.78, 5) is -0.105. The molecular weight excluding hydrogens is 418 g/mol. The lowest BCUT2D eigenvalue weighted by atomic mass is 9.98. The minimum absolute atomic E-state index is 0.105. The maximum absolute atomic E-state index is 13.6. The van der Waals surface area contributed by atoms with Crippen LogP contribution in [0, 0.1) is 5.82 Å². The molecule has 3 aromatic rings. The van der Waals surface area contributed by atoms with Gasteiger partial charge in [0.05, 0.1) is 4.83 Å². The van der Waals surface area contributed by atoms with Crippen LogP contribution >= 0.6 is 43.5 Å². The Labute approximate surface area is 144 Å². The van der Waals surface area contributed by atoms with Gasteiger partial charge in [0, 0.05) is 14.9 Å². The van der Waals surface area contributed by atoms with Crippen molar-refractivity contribution in [3.8, 4) is 0 Å². The van der Waals surface area contributed by atoms with Gasteiger partial charge in [-0.3, -0.25) is 0 Å². The van der Waals surface area contributed by atoms with Crippen LogP contribution in [0.5, 0.6) is 0 Å². The van der Waals surface area contributed by atoms with Gasteiger partial charge < -0.3 is 0 Å². The first kappa shape index (κ1) is 15.0. The van der Waals surface area contributed by atoms with Crippen LogP contribution in [-0.4, -0.2) is 0 Å². The third-order valence-corrected chi connectivity index (χ3v) is 5.16. The quantitative estimate of drug-likeness (QED) is 0.390. The fourth-order valence-corrected chi connectivity index (χ4v) is 3.78. The van der Waals surface area contributed by atoms with Gasteiger partial charge in [-0.1, -0.05) is 73.8 Å². The summed E-state index contributed by atoms with van der Waals surface area (Å²) in [5.41, 5.74) is 1.92. The molecule has 0 fully saturated rings. The lowest BCUT2D eigenvalue weighted by Crippen LogP contribution is -1.95. The van der Waals surface area contributed by atoms with E-state index >= 15 is 0 Å². The van der Waals surface area contributed by atoms with Crippen molar-refractivity contribution in [2.75, 3.05) is 0 Å². The highest BCUT2D eigenvalue weighted by atomic mass is 79.9. The van der Waals surface area contributed by atoms with E-state index in [1.807, 2.05) is 42.5 Å². The summed E-state index contributed by atoms with van der Waals surface area (Å²) in [5.74, 6) is -0.262. The van der Waals surface area contributed by atoms with Crippen LogP contribution in [0.2, 0.25) is 5.02 Å². The van der Waals surface area contributed by atoms with E-state index in [2.05, 4.69) is 31.9 Å². The number of halogens is 4. The Morgan fingerprint density at radius 3 is 2.38 bits per heavy atom. The molecule has 21 heavy (non-hydrogen) atoms. The van der Waals surface area contributed by atoms with Crippen LogP contribution in [0.15, 0.2) is 59.1 Å². The van der Waals surface area contributed by atoms with Gasteiger partial charge in [-0.2, -0.15) is 0 Å². The standard InChI is InChI=1S/C17H10Br2ClF/c18-11-7-10(8-12(21)9-11)17(19)15-5-6-16(20)14-4-2-1-3-13(14)15/h1-9,17H. The lowest BCUT2D eigenvalue weighted by molar-refractivity contribution is 0.625. The number of benzene rings is 3. The molecule has 3 aromatic carbocycles. The van der Waals surface area contributed by atoms with Crippen molar-refractivity contribution in [1.29, 1.82) is 0 Å². The molecule has 0 aliphatic rings. The molecule has 0 nitrogen and oxygen atoms in total. The molecule has 0 saturated carbocycles. The molecule has 0 N–H and O–H groups in total. The molecular formula is C17H10Br2ClF. The van der Waals surface area contributed by atoms with Crippen LogP contribution < -0.4 is 0 Å². The zero-order chi connectivity index (χ0) is 15.0. The molecule has 4 heteroatoms. The van der Waals surface area contributed by atoms with Crippen molar-refractivity contribution in [3.63, 3.8) is 0 Å². The molecule has 106 valence electrons. The first-order valence-corrected chi connectivity index (χ1v) is 8.42. The van der Waals surface area contributed by atoms with Crippen LogP contribution in [0.1, 0.15) is 16.0 Å². The number of fused-ring (bicyclic) bond motifs is 1. The summed E-state index contributed by atoms with van der Waals surface area (Å²) >= 11 is 13.3. The molecule has 0 aliphatic carbocycles. The second kappa shape index (κ2) is 6.07. The van der Waals surface area contributed by atoms with E-state index in [0.717, 1.165) is 31.4 Å². The molecule has 0 spiro atoms. The molecule has 0 radical (unpaired) electrons. The van der Waals surface area contributed by atoms with Gasteiger partial charge in [-0.05, 0) is 40.8 Å². The first-order valence-electron chi connectivity index (χ1n) is 6.33. The third-order valence-electron chi connectivity index (χ3n) is 3.36. The molecule has 1 atom stereocenters. The molecule has 0 heterocycles. The highest BCUT2D eigenvalue weighted by Gasteiger charge is 2.15. The minimum atomic E-state index is -0.262. The summed E-state index contributed by atoms with van der Waals surface area (Å²) in [7, 11) is 0. The van der Waals surface area contributed by atoms with E-state index in [0.29, 0.717) is 0 Å². The zero-order valence-corrected chi connectivity index (χ0v) is 14.7. The van der Waals surface area contributed by atoms with Crippen molar-refractivity contribution in [2.24, 2.45) is 0 Å². The van der Waals surface area contributed by atoms with Gasteiger partial charge in [-0.25, -0.2) is 4.39 Å². The number of hydrogen-bond donors (Lipinski definition) is 0. The van der Waals surface area contributed by atoms with Crippen molar-refractivity contribution in [2.45, 2.75) is 4.83 Å². The zero-order valence-electron chi connectivity index (χ0n) is 10.8. The summed E-state index contributed by atoms with van der Waals surface area (Å²) < 4.78 is 14.3. The lowest BCUT2D eigenvalue weighted by Gasteiger charge is -2.15. The monoisotopic (exact) mass is 426 g/mol. The minimum Gasteiger partial charge on any atom is -0.207 e. The van der Waals surface area contributed by atoms with Gasteiger partial charge in [0.25, 0.3) is 0 Å². The van der Waals surface area contributed by atoms with E-state index < -0.39 is 0 Å². The van der Waals surface area contributed by atoms with Gasteiger partial charge >= 0.3 is 0 Å². The maximum atomic E-state index is 13.6. The van der Waals surface area contributed by atoms with Crippen LogP contribution in [-0.2, 0) is 0 Å². The SMILES string of the molecule is Fc1cc(Br)cc(C(Br)c2ccc(Cl)c3ccccc23)c1. The summed E-state index contributed by atoms with van der Waals surface area (Å²) in [5, 5.41) is 2.78. The van der Waals surface area contributed by atoms with Crippen molar-refractivity contribution >= 4 is 54.2 Å². The van der Waals surface area contributed by atoms with Gasteiger partial charge in [0.1, 0.15) is 5.82 Å². The van der Waals surface area contributed by atoms with Crippen molar-refractivity contribution < 1.29 is 4.39 Å². The Kier molecular flexibility index (Phi) is 4.34.